The molecule has 0 atom stereocenters. The first kappa shape index (κ1) is 29.7. The largest absolute Gasteiger partial charge is 0.497 e. The number of ether oxygens (including phenoxy) is 1. The van der Waals surface area contributed by atoms with E-state index in [4.69, 9.17) is 9.73 Å². The molecule has 2 aromatic carbocycles. The van der Waals surface area contributed by atoms with Gasteiger partial charge in [0.05, 0.1) is 23.3 Å². The molecule has 1 amide bonds. The summed E-state index contributed by atoms with van der Waals surface area (Å²) in [6, 6.07) is 12.6. The molecular formula is C26H31ClF3N3O2S. The Balaban J connectivity index is 0.00000456. The van der Waals surface area contributed by atoms with E-state index < -0.39 is 11.7 Å². The molecule has 10 heteroatoms. The van der Waals surface area contributed by atoms with Crippen LogP contribution in [-0.2, 0) is 11.0 Å². The number of methoxy groups -OCH3 is 1. The Morgan fingerprint density at radius 1 is 1.03 bits per heavy atom. The highest BCUT2D eigenvalue weighted by atomic mass is 35.5. The van der Waals surface area contributed by atoms with Gasteiger partial charge in [-0.3, -0.25) is 14.6 Å². The first-order chi connectivity index (χ1) is 16.5. The molecule has 0 spiro atoms. The number of benzene rings is 2. The zero-order valence-electron chi connectivity index (χ0n) is 20.9. The summed E-state index contributed by atoms with van der Waals surface area (Å²) in [5.41, 5.74) is 0.466. The van der Waals surface area contributed by atoms with E-state index >= 15 is 0 Å². The summed E-state index contributed by atoms with van der Waals surface area (Å²) in [6.07, 6.45) is -2.79. The van der Waals surface area contributed by atoms with E-state index in [1.807, 2.05) is 0 Å². The molecule has 2 aromatic rings. The number of amidine groups is 1. The van der Waals surface area contributed by atoms with E-state index in [-0.39, 0.29) is 18.3 Å². The molecule has 0 aromatic heterocycles. The van der Waals surface area contributed by atoms with Gasteiger partial charge < -0.3 is 4.74 Å². The molecule has 1 fully saturated rings. The van der Waals surface area contributed by atoms with Crippen LogP contribution in [-0.4, -0.2) is 53.2 Å². The van der Waals surface area contributed by atoms with Crippen LogP contribution < -0.4 is 4.74 Å². The van der Waals surface area contributed by atoms with Gasteiger partial charge in [0, 0.05) is 25.2 Å². The van der Waals surface area contributed by atoms with Crippen molar-refractivity contribution >= 4 is 47.0 Å². The quantitative estimate of drug-likeness (QED) is 0.342. The standard InChI is InChI=1S/C26H30F3N3O2S.ClH/c1-17(2)31(18(3)4)14-15-32-24(33)23(16-19-6-8-20(9-7-19)26(27,28)29)35-25(32)30-21-10-12-22(34-5)13-11-21;/h6-13,16-18H,14-15H2,1-5H3;1H/b23-16-,30-25?;. The molecule has 0 aliphatic carbocycles. The summed E-state index contributed by atoms with van der Waals surface area (Å²) in [6.45, 7) is 9.57. The lowest BCUT2D eigenvalue weighted by atomic mass is 10.1. The zero-order valence-corrected chi connectivity index (χ0v) is 22.5. The maximum absolute atomic E-state index is 13.3. The van der Waals surface area contributed by atoms with Crippen LogP contribution >= 0.6 is 24.2 Å². The summed E-state index contributed by atoms with van der Waals surface area (Å²) in [5.74, 6) is 0.489. The molecule has 1 aliphatic heterocycles. The number of hydrogen-bond acceptors (Lipinski definition) is 5. The van der Waals surface area contributed by atoms with Gasteiger partial charge in [0.15, 0.2) is 5.17 Å². The predicted octanol–water partition coefficient (Wildman–Crippen LogP) is 6.86. The van der Waals surface area contributed by atoms with Crippen LogP contribution in [0, 0.1) is 0 Å². The fourth-order valence-corrected chi connectivity index (χ4v) is 4.83. The van der Waals surface area contributed by atoms with E-state index in [1.54, 1.807) is 42.4 Å². The van der Waals surface area contributed by atoms with Crippen LogP contribution in [0.15, 0.2) is 58.4 Å². The Kier molecular flexibility index (Phi) is 10.5. The molecule has 1 aliphatic rings. The van der Waals surface area contributed by atoms with Crippen LogP contribution in [0.25, 0.3) is 6.08 Å². The number of thioether (sulfide) groups is 1. The SMILES string of the molecule is COc1ccc(N=C2S/C(=C\c3ccc(C(F)(F)F)cc3)C(=O)N2CCN(C(C)C)C(C)C)cc1.Cl. The highest BCUT2D eigenvalue weighted by molar-refractivity contribution is 8.18. The average Bonchev–Trinajstić information content (AvgIpc) is 3.08. The zero-order chi connectivity index (χ0) is 25.8. The fraction of sp³-hybridized carbons (Fsp3) is 0.385. The Morgan fingerprint density at radius 3 is 2.11 bits per heavy atom. The number of carbonyl (C=O) groups is 1. The third-order valence-electron chi connectivity index (χ3n) is 5.63. The van der Waals surface area contributed by atoms with Gasteiger partial charge in [-0.15, -0.1) is 12.4 Å². The van der Waals surface area contributed by atoms with Crippen LogP contribution in [0.1, 0.15) is 38.8 Å². The van der Waals surface area contributed by atoms with Crippen molar-refractivity contribution in [1.29, 1.82) is 0 Å². The maximum Gasteiger partial charge on any atom is 0.416 e. The smallest absolute Gasteiger partial charge is 0.416 e. The molecular weight excluding hydrogens is 511 g/mol. The molecule has 0 unspecified atom stereocenters. The molecule has 3 rings (SSSR count). The van der Waals surface area contributed by atoms with Crippen molar-refractivity contribution in [2.45, 2.75) is 46.0 Å². The van der Waals surface area contributed by atoms with Crippen molar-refractivity contribution in [1.82, 2.24) is 9.80 Å². The van der Waals surface area contributed by atoms with E-state index in [2.05, 4.69) is 32.6 Å². The van der Waals surface area contributed by atoms with Crippen molar-refractivity contribution < 1.29 is 22.7 Å². The maximum atomic E-state index is 13.3. The molecule has 1 saturated heterocycles. The van der Waals surface area contributed by atoms with Gasteiger partial charge in [-0.25, -0.2) is 4.99 Å². The van der Waals surface area contributed by atoms with E-state index in [9.17, 15) is 18.0 Å². The number of rotatable bonds is 8. The third-order valence-corrected chi connectivity index (χ3v) is 6.64. The second-order valence-corrected chi connectivity index (χ2v) is 9.71. The Morgan fingerprint density at radius 2 is 1.61 bits per heavy atom. The minimum atomic E-state index is -4.41. The lowest BCUT2D eigenvalue weighted by Crippen LogP contribution is -2.43. The number of carbonyl (C=O) groups excluding carboxylic acids is 1. The molecule has 0 N–H and O–H groups in total. The summed E-state index contributed by atoms with van der Waals surface area (Å²) >= 11 is 1.22. The molecule has 196 valence electrons. The lowest BCUT2D eigenvalue weighted by molar-refractivity contribution is -0.137. The van der Waals surface area contributed by atoms with Crippen LogP contribution in [0.5, 0.6) is 5.75 Å². The van der Waals surface area contributed by atoms with Crippen LogP contribution in [0.4, 0.5) is 18.9 Å². The van der Waals surface area contributed by atoms with Gasteiger partial charge in [0.2, 0.25) is 0 Å². The van der Waals surface area contributed by atoms with Gasteiger partial charge in [0.1, 0.15) is 5.75 Å². The van der Waals surface area contributed by atoms with Crippen LogP contribution in [0.3, 0.4) is 0 Å². The Labute approximate surface area is 220 Å². The van der Waals surface area contributed by atoms with Crippen molar-refractivity contribution in [2.75, 3.05) is 20.2 Å². The molecule has 1 heterocycles. The van der Waals surface area contributed by atoms with Crippen molar-refractivity contribution in [2.24, 2.45) is 4.99 Å². The Hall–Kier alpha value is -2.49. The summed E-state index contributed by atoms with van der Waals surface area (Å²) in [4.78, 5) is 22.4. The van der Waals surface area contributed by atoms with Crippen molar-refractivity contribution in [3.05, 3.63) is 64.6 Å². The van der Waals surface area contributed by atoms with Gasteiger partial charge in [-0.05, 0) is 87.5 Å². The van der Waals surface area contributed by atoms with Gasteiger partial charge in [-0.2, -0.15) is 13.2 Å². The normalized spacial score (nSPS) is 16.5. The lowest BCUT2D eigenvalue weighted by Gasteiger charge is -2.31. The second kappa shape index (κ2) is 12.7. The first-order valence-corrected chi connectivity index (χ1v) is 12.2. The summed E-state index contributed by atoms with van der Waals surface area (Å²) in [7, 11) is 1.58. The van der Waals surface area contributed by atoms with E-state index in [0.717, 1.165) is 12.1 Å². The monoisotopic (exact) mass is 541 g/mol. The topological polar surface area (TPSA) is 45.1 Å². The fourth-order valence-electron chi connectivity index (χ4n) is 3.80. The highest BCUT2D eigenvalue weighted by Gasteiger charge is 2.34. The number of halogens is 4. The molecule has 0 bridgehead atoms. The van der Waals surface area contributed by atoms with Crippen molar-refractivity contribution in [3.8, 4) is 5.75 Å². The molecule has 0 saturated carbocycles. The first-order valence-electron chi connectivity index (χ1n) is 11.4. The molecule has 5 nitrogen and oxygen atoms in total. The number of amides is 1. The third kappa shape index (κ3) is 7.51. The summed E-state index contributed by atoms with van der Waals surface area (Å²) < 4.78 is 43.9. The van der Waals surface area contributed by atoms with E-state index in [0.29, 0.717) is 52.2 Å². The number of alkyl halides is 3. The van der Waals surface area contributed by atoms with E-state index in [1.165, 1.54) is 23.9 Å². The number of aliphatic imine (C=N–C) groups is 1. The van der Waals surface area contributed by atoms with Gasteiger partial charge in [0.25, 0.3) is 5.91 Å². The Bertz CT molecular complexity index is 1080. The molecule has 36 heavy (non-hydrogen) atoms. The van der Waals surface area contributed by atoms with Crippen molar-refractivity contribution in [3.63, 3.8) is 0 Å². The van der Waals surface area contributed by atoms with Crippen LogP contribution in [0.2, 0.25) is 0 Å². The average molecular weight is 542 g/mol. The minimum absolute atomic E-state index is 0. The van der Waals surface area contributed by atoms with Gasteiger partial charge >= 0.3 is 6.18 Å². The highest BCUT2D eigenvalue weighted by Crippen LogP contribution is 2.35. The minimum Gasteiger partial charge on any atom is -0.497 e. The number of nitrogens with zero attached hydrogens (tertiary/aromatic N) is 3. The number of hydrogen-bond donors (Lipinski definition) is 0. The molecule has 0 radical (unpaired) electrons. The predicted molar refractivity (Wildman–Crippen MR) is 143 cm³/mol. The second-order valence-electron chi connectivity index (χ2n) is 8.70. The summed E-state index contributed by atoms with van der Waals surface area (Å²) in [5, 5.41) is 0.533. The van der Waals surface area contributed by atoms with Gasteiger partial charge in [-0.1, -0.05) is 12.1 Å².